The van der Waals surface area contributed by atoms with Crippen molar-refractivity contribution in [1.82, 2.24) is 5.32 Å². The molecule has 0 aliphatic heterocycles. The normalized spacial score (nSPS) is 21.0. The van der Waals surface area contributed by atoms with Crippen LogP contribution in [0.5, 0.6) is 0 Å². The lowest BCUT2D eigenvalue weighted by Crippen LogP contribution is -2.36. The summed E-state index contributed by atoms with van der Waals surface area (Å²) < 4.78 is 13.2. The first-order valence-corrected chi connectivity index (χ1v) is 6.39. The van der Waals surface area contributed by atoms with Crippen LogP contribution in [0.1, 0.15) is 43.4 Å². The van der Waals surface area contributed by atoms with Crippen molar-refractivity contribution in [1.29, 1.82) is 0 Å². The highest BCUT2D eigenvalue weighted by Gasteiger charge is 2.22. The van der Waals surface area contributed by atoms with Gasteiger partial charge in [-0.25, -0.2) is 4.39 Å². The molecule has 2 atom stereocenters. The first kappa shape index (κ1) is 12.5. The molecule has 0 radical (unpaired) electrons. The summed E-state index contributed by atoms with van der Waals surface area (Å²) in [5.41, 5.74) is 2.31. The fraction of sp³-hybridized carbons (Fsp3) is 0.571. The van der Waals surface area contributed by atoms with Crippen molar-refractivity contribution in [2.24, 2.45) is 0 Å². The van der Waals surface area contributed by atoms with Crippen molar-refractivity contribution >= 4 is 0 Å². The third-order valence-corrected chi connectivity index (χ3v) is 3.57. The largest absolute Gasteiger partial charge is 0.395 e. The number of rotatable bonds is 4. The summed E-state index contributed by atoms with van der Waals surface area (Å²) >= 11 is 0. The molecule has 0 aromatic heterocycles. The Kier molecular flexibility index (Phi) is 4.13. The molecule has 2 N–H and O–H groups in total. The molecule has 1 aliphatic carbocycles. The van der Waals surface area contributed by atoms with E-state index in [0.29, 0.717) is 0 Å². The Labute approximate surface area is 102 Å². The molecule has 3 heteroatoms. The summed E-state index contributed by atoms with van der Waals surface area (Å²) in [6.07, 6.45) is 4.01. The van der Waals surface area contributed by atoms with Gasteiger partial charge in [0.2, 0.25) is 0 Å². The van der Waals surface area contributed by atoms with E-state index in [9.17, 15) is 9.50 Å². The van der Waals surface area contributed by atoms with Crippen LogP contribution >= 0.6 is 0 Å². The van der Waals surface area contributed by atoms with Crippen LogP contribution in [0.3, 0.4) is 0 Å². The number of aryl methyl sites for hydroxylation is 1. The molecule has 17 heavy (non-hydrogen) atoms. The second-order valence-corrected chi connectivity index (χ2v) is 4.74. The maximum Gasteiger partial charge on any atom is 0.123 e. The Balaban J connectivity index is 2.16. The average molecular weight is 237 g/mol. The Hall–Kier alpha value is -0.930. The summed E-state index contributed by atoms with van der Waals surface area (Å²) in [7, 11) is 0. The van der Waals surface area contributed by atoms with E-state index in [0.717, 1.165) is 31.2 Å². The fourth-order valence-corrected chi connectivity index (χ4v) is 2.54. The van der Waals surface area contributed by atoms with Crippen LogP contribution in [0.25, 0.3) is 0 Å². The van der Waals surface area contributed by atoms with Crippen LogP contribution in [0.4, 0.5) is 4.39 Å². The highest BCUT2D eigenvalue weighted by molar-refractivity contribution is 5.32. The quantitative estimate of drug-likeness (QED) is 0.843. The fourth-order valence-electron chi connectivity index (χ4n) is 2.54. The molecule has 0 amide bonds. The van der Waals surface area contributed by atoms with Gasteiger partial charge in [0.25, 0.3) is 0 Å². The number of aliphatic hydroxyl groups excluding tert-OH is 1. The number of aliphatic hydroxyl groups is 1. The zero-order chi connectivity index (χ0) is 12.3. The van der Waals surface area contributed by atoms with E-state index < -0.39 is 0 Å². The molecule has 0 fully saturated rings. The number of hydrogen-bond acceptors (Lipinski definition) is 2. The summed E-state index contributed by atoms with van der Waals surface area (Å²) in [4.78, 5) is 0. The van der Waals surface area contributed by atoms with E-state index in [1.165, 1.54) is 11.6 Å². The summed E-state index contributed by atoms with van der Waals surface area (Å²) in [5, 5.41) is 12.7. The SMILES string of the molecule is CCC(CO)NC1CCCc2cc(F)ccc21. The van der Waals surface area contributed by atoms with Crippen LogP contribution in [0, 0.1) is 5.82 Å². The van der Waals surface area contributed by atoms with Crippen molar-refractivity contribution in [3.8, 4) is 0 Å². The smallest absolute Gasteiger partial charge is 0.123 e. The predicted octanol–water partition coefficient (Wildman–Crippen LogP) is 2.56. The highest BCUT2D eigenvalue weighted by Crippen LogP contribution is 2.30. The van der Waals surface area contributed by atoms with E-state index >= 15 is 0 Å². The van der Waals surface area contributed by atoms with Gasteiger partial charge in [0, 0.05) is 12.1 Å². The number of fused-ring (bicyclic) bond motifs is 1. The van der Waals surface area contributed by atoms with Gasteiger partial charge in [0.15, 0.2) is 0 Å². The molecular weight excluding hydrogens is 217 g/mol. The molecule has 1 aromatic rings. The molecule has 0 bridgehead atoms. The first-order chi connectivity index (χ1) is 8.24. The number of hydrogen-bond donors (Lipinski definition) is 2. The second kappa shape index (κ2) is 5.61. The van der Waals surface area contributed by atoms with Crippen LogP contribution in [-0.2, 0) is 6.42 Å². The van der Waals surface area contributed by atoms with E-state index in [1.807, 2.05) is 6.07 Å². The van der Waals surface area contributed by atoms with Crippen molar-refractivity contribution in [3.05, 3.63) is 35.1 Å². The zero-order valence-corrected chi connectivity index (χ0v) is 10.2. The predicted molar refractivity (Wildman–Crippen MR) is 66.4 cm³/mol. The second-order valence-electron chi connectivity index (χ2n) is 4.74. The van der Waals surface area contributed by atoms with Crippen molar-refractivity contribution in [2.45, 2.75) is 44.7 Å². The van der Waals surface area contributed by atoms with Crippen LogP contribution in [0.2, 0.25) is 0 Å². The Morgan fingerprint density at radius 1 is 1.53 bits per heavy atom. The van der Waals surface area contributed by atoms with Crippen LogP contribution in [-0.4, -0.2) is 17.8 Å². The van der Waals surface area contributed by atoms with Gasteiger partial charge >= 0.3 is 0 Å². The molecule has 94 valence electrons. The first-order valence-electron chi connectivity index (χ1n) is 6.39. The van der Waals surface area contributed by atoms with Gasteiger partial charge in [-0.3, -0.25) is 0 Å². The molecule has 1 aliphatic rings. The van der Waals surface area contributed by atoms with Crippen molar-refractivity contribution < 1.29 is 9.50 Å². The lowest BCUT2D eigenvalue weighted by atomic mass is 9.87. The summed E-state index contributed by atoms with van der Waals surface area (Å²) in [6, 6.07) is 5.44. The van der Waals surface area contributed by atoms with Gasteiger partial charge < -0.3 is 10.4 Å². The monoisotopic (exact) mass is 237 g/mol. The van der Waals surface area contributed by atoms with E-state index in [1.54, 1.807) is 6.07 Å². The number of nitrogens with one attached hydrogen (secondary N) is 1. The maximum absolute atomic E-state index is 13.2. The topological polar surface area (TPSA) is 32.3 Å². The average Bonchev–Trinajstić information content (AvgIpc) is 2.35. The third kappa shape index (κ3) is 2.85. The summed E-state index contributed by atoms with van der Waals surface area (Å²) in [6.45, 7) is 2.21. The van der Waals surface area contributed by atoms with Gasteiger partial charge in [-0.2, -0.15) is 0 Å². The van der Waals surface area contributed by atoms with Gasteiger partial charge in [-0.1, -0.05) is 13.0 Å². The Morgan fingerprint density at radius 2 is 2.35 bits per heavy atom. The van der Waals surface area contributed by atoms with Crippen LogP contribution < -0.4 is 5.32 Å². The van der Waals surface area contributed by atoms with E-state index in [2.05, 4.69) is 12.2 Å². The van der Waals surface area contributed by atoms with Crippen molar-refractivity contribution in [2.75, 3.05) is 6.61 Å². The Morgan fingerprint density at radius 3 is 3.06 bits per heavy atom. The lowest BCUT2D eigenvalue weighted by Gasteiger charge is -2.29. The molecule has 0 saturated carbocycles. The van der Waals surface area contributed by atoms with E-state index in [4.69, 9.17) is 0 Å². The minimum Gasteiger partial charge on any atom is -0.395 e. The maximum atomic E-state index is 13.2. The van der Waals surface area contributed by atoms with Gasteiger partial charge in [0.05, 0.1) is 6.61 Å². The molecular formula is C14H20FNO. The number of halogens is 1. The highest BCUT2D eigenvalue weighted by atomic mass is 19.1. The molecule has 2 rings (SSSR count). The van der Waals surface area contributed by atoms with Gasteiger partial charge in [-0.15, -0.1) is 0 Å². The van der Waals surface area contributed by atoms with Crippen molar-refractivity contribution in [3.63, 3.8) is 0 Å². The standard InChI is InChI=1S/C14H20FNO/c1-2-12(9-17)16-14-5-3-4-10-8-11(15)6-7-13(10)14/h6-8,12,14,16-17H,2-5,9H2,1H3. The molecule has 1 aromatic carbocycles. The lowest BCUT2D eigenvalue weighted by molar-refractivity contribution is 0.223. The molecule has 0 heterocycles. The Bertz CT molecular complexity index is 376. The molecule has 0 spiro atoms. The van der Waals surface area contributed by atoms with Gasteiger partial charge in [-0.05, 0) is 48.9 Å². The minimum absolute atomic E-state index is 0.135. The summed E-state index contributed by atoms with van der Waals surface area (Å²) in [5.74, 6) is -0.154. The van der Waals surface area contributed by atoms with E-state index in [-0.39, 0.29) is 24.5 Å². The van der Waals surface area contributed by atoms with Crippen LogP contribution in [0.15, 0.2) is 18.2 Å². The molecule has 2 nitrogen and oxygen atoms in total. The van der Waals surface area contributed by atoms with Gasteiger partial charge in [0.1, 0.15) is 5.82 Å². The molecule has 2 unspecified atom stereocenters. The third-order valence-electron chi connectivity index (χ3n) is 3.57. The number of benzene rings is 1. The molecule has 0 saturated heterocycles. The zero-order valence-electron chi connectivity index (χ0n) is 10.2. The minimum atomic E-state index is -0.154.